The number of rotatable bonds is 7. The predicted molar refractivity (Wildman–Crippen MR) is 157 cm³/mol. The number of benzene rings is 1. The molecule has 2 fully saturated rings. The van der Waals surface area contributed by atoms with Crippen LogP contribution in [0.2, 0.25) is 0 Å². The molecule has 0 bridgehead atoms. The maximum Gasteiger partial charge on any atom is 0.326 e. The standard InChI is InChI=1S/C33H46N2O6/c1-20-13-9-10-14-21(20)27-29(41-19-22-23(39-8)16-17-25(34-22)32(2,3)4)26(33(5,6)7)28(31(37)38)35(27)30(36)24-15-11-12-18-40-24/h9-10,13-14,16-17,24,26-29H,11-12,15,18-19H2,1-8H3,(H,37,38)/t24-,26+,27-,28-,29-/m0/s1. The number of hydrogen-bond donors (Lipinski definition) is 1. The first-order valence-corrected chi connectivity index (χ1v) is 14.6. The first kappa shape index (κ1) is 31.0. The third-order valence-electron chi connectivity index (χ3n) is 8.41. The summed E-state index contributed by atoms with van der Waals surface area (Å²) in [5, 5.41) is 10.7. The molecule has 0 saturated carbocycles. The zero-order valence-corrected chi connectivity index (χ0v) is 25.8. The van der Waals surface area contributed by atoms with E-state index in [1.54, 1.807) is 12.0 Å². The maximum atomic E-state index is 14.2. The molecule has 1 amide bonds. The van der Waals surface area contributed by atoms with Crippen molar-refractivity contribution in [2.45, 2.75) is 104 Å². The molecule has 0 unspecified atom stereocenters. The number of pyridine rings is 1. The lowest BCUT2D eigenvalue weighted by atomic mass is 9.73. The van der Waals surface area contributed by atoms with Crippen molar-refractivity contribution in [3.05, 3.63) is 58.9 Å². The van der Waals surface area contributed by atoms with E-state index < -0.39 is 41.6 Å². The monoisotopic (exact) mass is 566 g/mol. The number of carbonyl (C=O) groups excluding carboxylic acids is 1. The Morgan fingerprint density at radius 3 is 2.34 bits per heavy atom. The number of hydrogen-bond acceptors (Lipinski definition) is 6. The Kier molecular flexibility index (Phi) is 9.14. The van der Waals surface area contributed by atoms with Gasteiger partial charge in [-0.25, -0.2) is 4.79 Å². The lowest BCUT2D eigenvalue weighted by Crippen LogP contribution is -2.51. The molecule has 2 saturated heterocycles. The van der Waals surface area contributed by atoms with Crippen LogP contribution in [0.3, 0.4) is 0 Å². The van der Waals surface area contributed by atoms with E-state index in [0.717, 1.165) is 29.7 Å². The Bertz CT molecular complexity index is 1240. The minimum atomic E-state index is -1.08. The molecule has 2 aromatic rings. The van der Waals surface area contributed by atoms with Crippen molar-refractivity contribution in [1.82, 2.24) is 9.88 Å². The van der Waals surface area contributed by atoms with Crippen molar-refractivity contribution < 1.29 is 28.9 Å². The summed E-state index contributed by atoms with van der Waals surface area (Å²) in [6.07, 6.45) is 1.06. The van der Waals surface area contributed by atoms with Crippen LogP contribution in [0.25, 0.3) is 0 Å². The molecule has 0 aliphatic carbocycles. The van der Waals surface area contributed by atoms with Crippen molar-refractivity contribution in [3.8, 4) is 5.75 Å². The summed E-state index contributed by atoms with van der Waals surface area (Å²) in [6, 6.07) is 9.99. The van der Waals surface area contributed by atoms with E-state index in [9.17, 15) is 14.7 Å². The van der Waals surface area contributed by atoms with Gasteiger partial charge in [-0.3, -0.25) is 9.78 Å². The third kappa shape index (κ3) is 6.44. The Hall–Kier alpha value is -2.97. The zero-order valence-electron chi connectivity index (χ0n) is 25.8. The summed E-state index contributed by atoms with van der Waals surface area (Å²) in [7, 11) is 1.60. The number of carboxylic acid groups (broad SMARTS) is 1. The lowest BCUT2D eigenvalue weighted by molar-refractivity contribution is -0.159. The van der Waals surface area contributed by atoms with E-state index >= 15 is 0 Å². The molecule has 1 N–H and O–H groups in total. The van der Waals surface area contributed by atoms with Gasteiger partial charge in [0.15, 0.2) is 0 Å². The lowest BCUT2D eigenvalue weighted by Gasteiger charge is -2.35. The fourth-order valence-corrected chi connectivity index (χ4v) is 6.31. The second kappa shape index (κ2) is 12.1. The van der Waals surface area contributed by atoms with Gasteiger partial charge in [-0.2, -0.15) is 0 Å². The van der Waals surface area contributed by atoms with E-state index in [0.29, 0.717) is 24.5 Å². The van der Waals surface area contributed by atoms with Crippen molar-refractivity contribution in [3.63, 3.8) is 0 Å². The second-order valence-electron chi connectivity index (χ2n) is 13.4. The van der Waals surface area contributed by atoms with Crippen LogP contribution in [0.5, 0.6) is 5.75 Å². The fourth-order valence-electron chi connectivity index (χ4n) is 6.31. The smallest absolute Gasteiger partial charge is 0.326 e. The number of carbonyl (C=O) groups is 2. The molecule has 3 heterocycles. The first-order valence-electron chi connectivity index (χ1n) is 14.6. The molecule has 4 rings (SSSR count). The average molecular weight is 567 g/mol. The molecule has 41 heavy (non-hydrogen) atoms. The largest absolute Gasteiger partial charge is 0.495 e. The maximum absolute atomic E-state index is 14.2. The number of carboxylic acids is 1. The molecule has 224 valence electrons. The van der Waals surface area contributed by atoms with Crippen molar-refractivity contribution >= 4 is 11.9 Å². The number of aromatic nitrogens is 1. The highest BCUT2D eigenvalue weighted by molar-refractivity contribution is 5.88. The van der Waals surface area contributed by atoms with Crippen LogP contribution < -0.4 is 4.74 Å². The summed E-state index contributed by atoms with van der Waals surface area (Å²) >= 11 is 0. The topological polar surface area (TPSA) is 98.2 Å². The molecule has 8 nitrogen and oxygen atoms in total. The first-order chi connectivity index (χ1) is 19.3. The van der Waals surface area contributed by atoms with E-state index in [-0.39, 0.29) is 17.9 Å². The highest BCUT2D eigenvalue weighted by Gasteiger charge is 2.59. The second-order valence-corrected chi connectivity index (χ2v) is 13.4. The van der Waals surface area contributed by atoms with Crippen LogP contribution in [0.1, 0.15) is 89.4 Å². The van der Waals surface area contributed by atoms with E-state index in [2.05, 4.69) is 20.8 Å². The predicted octanol–water partition coefficient (Wildman–Crippen LogP) is 5.85. The van der Waals surface area contributed by atoms with Crippen LogP contribution in [-0.2, 0) is 31.1 Å². The molecular formula is C33H46N2O6. The minimum absolute atomic E-state index is 0.112. The van der Waals surface area contributed by atoms with Gasteiger partial charge in [0.2, 0.25) is 0 Å². The molecule has 5 atom stereocenters. The van der Waals surface area contributed by atoms with Gasteiger partial charge in [0, 0.05) is 23.6 Å². The average Bonchev–Trinajstić information content (AvgIpc) is 3.27. The molecule has 0 radical (unpaired) electrons. The summed E-state index contributed by atoms with van der Waals surface area (Å²) in [5.74, 6) is -1.22. The summed E-state index contributed by atoms with van der Waals surface area (Å²) in [4.78, 5) is 33.7. The molecule has 0 spiro atoms. The normalized spacial score (nSPS) is 25.3. The highest BCUT2D eigenvalue weighted by atomic mass is 16.5. The number of likely N-dealkylation sites (tertiary alicyclic amines) is 1. The molecule has 2 aliphatic heterocycles. The van der Waals surface area contributed by atoms with Gasteiger partial charge in [0.1, 0.15) is 23.6 Å². The molecule has 1 aromatic carbocycles. The van der Waals surface area contributed by atoms with Crippen LogP contribution in [0, 0.1) is 18.3 Å². The Morgan fingerprint density at radius 1 is 1.07 bits per heavy atom. The molecule has 2 aliphatic rings. The Balaban J connectivity index is 1.84. The minimum Gasteiger partial charge on any atom is -0.495 e. The number of ether oxygens (including phenoxy) is 3. The Labute approximate surface area is 244 Å². The van der Waals surface area contributed by atoms with Crippen molar-refractivity contribution in [2.75, 3.05) is 13.7 Å². The number of aryl methyl sites for hydroxylation is 1. The molecule has 8 heteroatoms. The number of amides is 1. The zero-order chi connectivity index (χ0) is 30.1. The molecular weight excluding hydrogens is 520 g/mol. The van der Waals surface area contributed by atoms with Crippen LogP contribution in [-0.4, -0.2) is 58.8 Å². The van der Waals surface area contributed by atoms with Crippen LogP contribution >= 0.6 is 0 Å². The van der Waals surface area contributed by atoms with Gasteiger partial charge in [0.05, 0.1) is 25.9 Å². The third-order valence-corrected chi connectivity index (χ3v) is 8.41. The van der Waals surface area contributed by atoms with Gasteiger partial charge < -0.3 is 24.2 Å². The number of aliphatic carboxylic acids is 1. The molecule has 1 aromatic heterocycles. The van der Waals surface area contributed by atoms with E-state index in [4.69, 9.17) is 19.2 Å². The quantitative estimate of drug-likeness (QED) is 0.449. The number of methoxy groups -OCH3 is 1. The van der Waals surface area contributed by atoms with Crippen LogP contribution in [0.4, 0.5) is 0 Å². The van der Waals surface area contributed by atoms with Crippen molar-refractivity contribution in [1.29, 1.82) is 0 Å². The highest BCUT2D eigenvalue weighted by Crippen LogP contribution is 2.51. The van der Waals surface area contributed by atoms with Gasteiger partial charge in [-0.05, 0) is 54.9 Å². The SMILES string of the molecule is COc1ccc(C(C)(C)C)nc1CO[C@H]1[C@H](C(C)(C)C)[C@@H](C(=O)O)N(C(=O)[C@@H]2CCCCO2)[C@H]1c1ccccc1C. The van der Waals surface area contributed by atoms with Gasteiger partial charge in [-0.1, -0.05) is 65.8 Å². The van der Waals surface area contributed by atoms with Gasteiger partial charge in [0.25, 0.3) is 5.91 Å². The Morgan fingerprint density at radius 2 is 1.78 bits per heavy atom. The van der Waals surface area contributed by atoms with Crippen molar-refractivity contribution in [2.24, 2.45) is 11.3 Å². The van der Waals surface area contributed by atoms with Crippen LogP contribution in [0.15, 0.2) is 36.4 Å². The fraction of sp³-hybridized carbons (Fsp3) is 0.606. The summed E-state index contributed by atoms with van der Waals surface area (Å²) < 4.78 is 18.3. The van der Waals surface area contributed by atoms with E-state index in [1.165, 1.54) is 0 Å². The number of nitrogens with zero attached hydrogens (tertiary/aromatic N) is 2. The van der Waals surface area contributed by atoms with E-state index in [1.807, 2.05) is 64.1 Å². The van der Waals surface area contributed by atoms with Gasteiger partial charge in [-0.15, -0.1) is 0 Å². The van der Waals surface area contributed by atoms with Gasteiger partial charge >= 0.3 is 5.97 Å². The summed E-state index contributed by atoms with van der Waals surface area (Å²) in [6.45, 7) is 14.9. The summed E-state index contributed by atoms with van der Waals surface area (Å²) in [5.41, 5.74) is 2.72.